The fourth-order valence-corrected chi connectivity index (χ4v) is 2.57. The molecule has 1 aliphatic rings. The highest BCUT2D eigenvalue weighted by Gasteiger charge is 2.13. The minimum atomic E-state index is 0.889. The minimum Gasteiger partial charge on any atom is -0.311 e. The second-order valence-corrected chi connectivity index (χ2v) is 5.50. The van der Waals surface area contributed by atoms with E-state index in [-0.39, 0.29) is 0 Å². The zero-order chi connectivity index (χ0) is 11.2. The number of nitrogens with zero attached hydrogens (tertiary/aromatic N) is 1. The zero-order valence-corrected chi connectivity index (χ0v) is 11.2. The van der Waals surface area contributed by atoms with Gasteiger partial charge in [-0.2, -0.15) is 0 Å². The molecule has 1 fully saturated rings. The summed E-state index contributed by atoms with van der Waals surface area (Å²) in [5, 5.41) is 3.47. The van der Waals surface area contributed by atoms with Gasteiger partial charge in [-0.15, -0.1) is 0 Å². The molecule has 0 aromatic carbocycles. The molecular formula is C13H19BrN2. The van der Waals surface area contributed by atoms with Gasteiger partial charge < -0.3 is 5.32 Å². The van der Waals surface area contributed by atoms with E-state index in [1.165, 1.54) is 32.1 Å². The molecule has 1 saturated carbocycles. The first kappa shape index (κ1) is 12.1. The summed E-state index contributed by atoms with van der Waals surface area (Å²) in [6.45, 7) is 2.02. The van der Waals surface area contributed by atoms with Crippen LogP contribution in [0.2, 0.25) is 0 Å². The third-order valence-corrected chi connectivity index (χ3v) is 3.77. The van der Waals surface area contributed by atoms with Gasteiger partial charge in [0.15, 0.2) is 0 Å². The summed E-state index contributed by atoms with van der Waals surface area (Å²) in [5.41, 5.74) is 1.12. The molecule has 88 valence electrons. The van der Waals surface area contributed by atoms with Gasteiger partial charge >= 0.3 is 0 Å². The Morgan fingerprint density at radius 3 is 2.81 bits per heavy atom. The third-order valence-electron chi connectivity index (χ3n) is 3.30. The Labute approximate surface area is 106 Å². The van der Waals surface area contributed by atoms with Crippen molar-refractivity contribution in [3.05, 3.63) is 28.5 Å². The molecule has 1 aromatic rings. The van der Waals surface area contributed by atoms with Crippen molar-refractivity contribution in [1.29, 1.82) is 0 Å². The van der Waals surface area contributed by atoms with Crippen molar-refractivity contribution in [1.82, 2.24) is 10.3 Å². The molecule has 0 spiro atoms. The Bertz CT molecular complexity index is 304. The molecule has 1 aromatic heterocycles. The summed E-state index contributed by atoms with van der Waals surface area (Å²) in [7, 11) is 0. The smallest absolute Gasteiger partial charge is 0.0542 e. The topological polar surface area (TPSA) is 24.9 Å². The van der Waals surface area contributed by atoms with Crippen LogP contribution in [0.3, 0.4) is 0 Å². The molecule has 0 radical (unpaired) electrons. The number of aromatic nitrogens is 1. The van der Waals surface area contributed by atoms with Crippen LogP contribution in [0.5, 0.6) is 0 Å². The van der Waals surface area contributed by atoms with Gasteiger partial charge in [-0.3, -0.25) is 4.98 Å². The predicted molar refractivity (Wildman–Crippen MR) is 70.2 cm³/mol. The van der Waals surface area contributed by atoms with Gasteiger partial charge in [-0.1, -0.05) is 25.7 Å². The predicted octanol–water partition coefficient (Wildman–Crippen LogP) is 3.51. The molecule has 2 nitrogen and oxygen atoms in total. The maximum absolute atomic E-state index is 4.34. The maximum atomic E-state index is 4.34. The summed E-state index contributed by atoms with van der Waals surface area (Å²) in [6.07, 6.45) is 8.96. The van der Waals surface area contributed by atoms with Crippen LogP contribution in [0, 0.1) is 5.92 Å². The SMILES string of the molecule is Brc1ccc(CNCCC2CCCC2)nc1. The van der Waals surface area contributed by atoms with Crippen LogP contribution in [-0.2, 0) is 6.54 Å². The molecule has 1 heterocycles. The molecule has 1 aliphatic carbocycles. The number of hydrogen-bond acceptors (Lipinski definition) is 2. The van der Waals surface area contributed by atoms with Gasteiger partial charge in [0.1, 0.15) is 0 Å². The van der Waals surface area contributed by atoms with Gasteiger partial charge in [-0.05, 0) is 46.9 Å². The van der Waals surface area contributed by atoms with E-state index in [1.807, 2.05) is 12.3 Å². The Morgan fingerprint density at radius 2 is 2.12 bits per heavy atom. The second-order valence-electron chi connectivity index (χ2n) is 4.58. The van der Waals surface area contributed by atoms with Crippen molar-refractivity contribution in [2.75, 3.05) is 6.54 Å². The second kappa shape index (κ2) is 6.36. The van der Waals surface area contributed by atoms with E-state index in [2.05, 4.69) is 32.3 Å². The molecule has 2 rings (SSSR count). The lowest BCUT2D eigenvalue weighted by Gasteiger charge is -2.09. The Morgan fingerprint density at radius 1 is 1.31 bits per heavy atom. The summed E-state index contributed by atoms with van der Waals surface area (Å²) in [6, 6.07) is 4.10. The van der Waals surface area contributed by atoms with Crippen LogP contribution in [0.15, 0.2) is 22.8 Å². The van der Waals surface area contributed by atoms with Gasteiger partial charge in [0.25, 0.3) is 0 Å². The van der Waals surface area contributed by atoms with E-state index in [9.17, 15) is 0 Å². The summed E-state index contributed by atoms with van der Waals surface area (Å²) < 4.78 is 1.04. The van der Waals surface area contributed by atoms with E-state index in [1.54, 1.807) is 0 Å². The molecule has 1 N–H and O–H groups in total. The molecule has 0 aliphatic heterocycles. The minimum absolute atomic E-state index is 0.889. The maximum Gasteiger partial charge on any atom is 0.0542 e. The summed E-state index contributed by atoms with van der Waals surface area (Å²) >= 11 is 3.39. The van der Waals surface area contributed by atoms with Crippen molar-refractivity contribution in [3.8, 4) is 0 Å². The monoisotopic (exact) mass is 282 g/mol. The quantitative estimate of drug-likeness (QED) is 0.836. The lowest BCUT2D eigenvalue weighted by atomic mass is 10.0. The lowest BCUT2D eigenvalue weighted by molar-refractivity contribution is 0.476. The van der Waals surface area contributed by atoms with Crippen molar-refractivity contribution in [3.63, 3.8) is 0 Å². The zero-order valence-electron chi connectivity index (χ0n) is 9.58. The normalized spacial score (nSPS) is 16.8. The van der Waals surface area contributed by atoms with E-state index in [0.29, 0.717) is 0 Å². The Hall–Kier alpha value is -0.410. The van der Waals surface area contributed by atoms with E-state index < -0.39 is 0 Å². The fourth-order valence-electron chi connectivity index (χ4n) is 2.33. The van der Waals surface area contributed by atoms with Crippen LogP contribution in [0.1, 0.15) is 37.8 Å². The van der Waals surface area contributed by atoms with Crippen molar-refractivity contribution >= 4 is 15.9 Å². The van der Waals surface area contributed by atoms with Crippen LogP contribution in [-0.4, -0.2) is 11.5 Å². The number of pyridine rings is 1. The number of rotatable bonds is 5. The highest BCUT2D eigenvalue weighted by atomic mass is 79.9. The van der Waals surface area contributed by atoms with E-state index in [4.69, 9.17) is 0 Å². The van der Waals surface area contributed by atoms with Crippen LogP contribution in [0.25, 0.3) is 0 Å². The average Bonchev–Trinajstić information content (AvgIpc) is 2.80. The molecule has 0 unspecified atom stereocenters. The van der Waals surface area contributed by atoms with Gasteiger partial charge in [0.05, 0.1) is 5.69 Å². The van der Waals surface area contributed by atoms with Gasteiger partial charge in [0.2, 0.25) is 0 Å². The molecule has 16 heavy (non-hydrogen) atoms. The molecule has 3 heteroatoms. The third kappa shape index (κ3) is 3.87. The largest absolute Gasteiger partial charge is 0.311 e. The van der Waals surface area contributed by atoms with Crippen LogP contribution in [0.4, 0.5) is 0 Å². The summed E-state index contributed by atoms with van der Waals surface area (Å²) in [5.74, 6) is 0.977. The highest BCUT2D eigenvalue weighted by molar-refractivity contribution is 9.10. The van der Waals surface area contributed by atoms with E-state index in [0.717, 1.165) is 29.2 Å². The Balaban J connectivity index is 1.62. The molecular weight excluding hydrogens is 264 g/mol. The lowest BCUT2D eigenvalue weighted by Crippen LogP contribution is -2.17. The molecule has 0 atom stereocenters. The van der Waals surface area contributed by atoms with Gasteiger partial charge in [-0.25, -0.2) is 0 Å². The first-order chi connectivity index (χ1) is 7.84. The van der Waals surface area contributed by atoms with Crippen LogP contribution < -0.4 is 5.32 Å². The molecule has 0 bridgehead atoms. The van der Waals surface area contributed by atoms with Crippen molar-refractivity contribution < 1.29 is 0 Å². The first-order valence-electron chi connectivity index (χ1n) is 6.16. The molecule has 0 saturated heterocycles. The summed E-state index contributed by atoms with van der Waals surface area (Å²) in [4.78, 5) is 4.34. The fraction of sp³-hybridized carbons (Fsp3) is 0.615. The molecule has 0 amide bonds. The van der Waals surface area contributed by atoms with E-state index >= 15 is 0 Å². The number of hydrogen-bond donors (Lipinski definition) is 1. The number of nitrogens with one attached hydrogen (secondary N) is 1. The van der Waals surface area contributed by atoms with Crippen molar-refractivity contribution in [2.45, 2.75) is 38.6 Å². The highest BCUT2D eigenvalue weighted by Crippen LogP contribution is 2.26. The average molecular weight is 283 g/mol. The van der Waals surface area contributed by atoms with Gasteiger partial charge in [0, 0.05) is 17.2 Å². The number of halogens is 1. The first-order valence-corrected chi connectivity index (χ1v) is 6.95. The Kier molecular flexibility index (Phi) is 4.79. The van der Waals surface area contributed by atoms with Crippen molar-refractivity contribution in [2.24, 2.45) is 5.92 Å². The van der Waals surface area contributed by atoms with Crippen LogP contribution >= 0.6 is 15.9 Å². The standard InChI is InChI=1S/C13H19BrN2/c14-12-5-6-13(16-9-12)10-15-8-7-11-3-1-2-4-11/h5-6,9,11,15H,1-4,7-8,10H2.